The third-order valence-electron chi connectivity index (χ3n) is 2.98. The van der Waals surface area contributed by atoms with Gasteiger partial charge in [0.25, 0.3) is 0 Å². The molecular weight excluding hydrogens is 536 g/mol. The van der Waals surface area contributed by atoms with Crippen LogP contribution in [0.1, 0.15) is 0 Å². The summed E-state index contributed by atoms with van der Waals surface area (Å²) in [6.45, 7) is 0. The van der Waals surface area contributed by atoms with Crippen molar-refractivity contribution < 1.29 is 103 Å². The van der Waals surface area contributed by atoms with Crippen LogP contribution in [0.25, 0.3) is 0 Å². The van der Waals surface area contributed by atoms with Gasteiger partial charge in [-0.15, -0.1) is 22.9 Å². The number of hydrogen-bond donors (Lipinski definition) is 0. The molecule has 0 aromatic rings. The molecule has 1 atom stereocenters. The molecule has 0 aliphatic rings. The smallest absolute Gasteiger partial charge is 0.192 e. The van der Waals surface area contributed by atoms with E-state index in [9.17, 15) is 87.8 Å². The molecule has 0 saturated heterocycles. The Kier molecular flexibility index (Phi) is 7.40. The molecule has 23 heteroatoms. The van der Waals surface area contributed by atoms with E-state index in [-0.39, 0.29) is 0 Å². The molecule has 0 aliphatic carbocycles. The Bertz CT molecular complexity index is 657. The average Bonchev–Trinajstić information content (AvgIpc) is 2.50. The number of halogens is 20. The molecule has 3 nitrogen and oxygen atoms in total. The first-order valence-corrected chi connectivity index (χ1v) is 6.27. The Labute approximate surface area is 158 Å². The molecule has 32 heavy (non-hydrogen) atoms. The second kappa shape index (κ2) is 7.77. The molecule has 0 aliphatic heterocycles. The molecule has 194 valence electrons. The van der Waals surface area contributed by atoms with E-state index in [2.05, 4.69) is 0 Å². The topological polar surface area (TPSA) is 27.7 Å². The number of rotatable bonds is 8. The molecule has 0 rings (SSSR count). The predicted molar refractivity (Wildman–Crippen MR) is 50.0 cm³/mol. The van der Waals surface area contributed by atoms with Gasteiger partial charge in [-0.1, -0.05) is 5.04 Å². The molecule has 0 bridgehead atoms. The Hall–Kier alpha value is -1.52. The fourth-order valence-electron chi connectivity index (χ4n) is 1.35. The van der Waals surface area contributed by atoms with E-state index in [1.165, 1.54) is 4.89 Å². The lowest BCUT2D eigenvalue weighted by molar-refractivity contribution is -0.660. The van der Waals surface area contributed by atoms with Crippen LogP contribution in [0.15, 0.2) is 0 Å². The summed E-state index contributed by atoms with van der Waals surface area (Å²) in [6.07, 6.45) is -22.3. The van der Waals surface area contributed by atoms with E-state index in [4.69, 9.17) is 0 Å². The normalized spacial score (nSPS) is 18.0. The van der Waals surface area contributed by atoms with E-state index < -0.39 is 54.2 Å². The van der Waals surface area contributed by atoms with Gasteiger partial charge in [0.15, 0.2) is 0 Å². The van der Waals surface area contributed by atoms with E-state index in [0.717, 1.165) is 0 Å². The SMILES string of the molecule is FC(F)(F)OOOC(F)(C(F)(F)F)C(F)(F)C(F)(F)C(F)(F)C(F)(F)C(F)(F)C(F)(F)F. The Morgan fingerprint density at radius 3 is 0.906 bits per heavy atom. The van der Waals surface area contributed by atoms with Gasteiger partial charge in [0.05, 0.1) is 0 Å². The molecule has 0 aromatic heterocycles. The molecule has 0 heterocycles. The van der Waals surface area contributed by atoms with Gasteiger partial charge in [-0.05, 0) is 0 Å². The molecule has 0 fully saturated rings. The second-order valence-electron chi connectivity index (χ2n) is 5.14. The van der Waals surface area contributed by atoms with Crippen LogP contribution in [0.4, 0.5) is 87.8 Å². The molecule has 0 saturated carbocycles. The maximum absolute atomic E-state index is 13.5. The largest absolute Gasteiger partial charge is 0.551 e. The van der Waals surface area contributed by atoms with Crippen molar-refractivity contribution in [1.82, 2.24) is 0 Å². The minimum absolute atomic E-state index is 1.53. The lowest BCUT2D eigenvalue weighted by atomic mass is 9.90. The maximum Gasteiger partial charge on any atom is 0.551 e. The van der Waals surface area contributed by atoms with E-state index >= 15 is 0 Å². The van der Waals surface area contributed by atoms with Crippen molar-refractivity contribution in [3.63, 3.8) is 0 Å². The zero-order valence-corrected chi connectivity index (χ0v) is 13.3. The highest BCUT2D eigenvalue weighted by Gasteiger charge is 2.96. The summed E-state index contributed by atoms with van der Waals surface area (Å²) >= 11 is 0. The maximum atomic E-state index is 13.5. The Morgan fingerprint density at radius 1 is 0.312 bits per heavy atom. The van der Waals surface area contributed by atoms with E-state index in [1.807, 2.05) is 0 Å². The molecule has 0 amide bonds. The zero-order valence-electron chi connectivity index (χ0n) is 13.3. The Balaban J connectivity index is 6.70. The molecule has 0 N–H and O–H groups in total. The second-order valence-corrected chi connectivity index (χ2v) is 5.14. The van der Waals surface area contributed by atoms with Gasteiger partial charge in [0, 0.05) is 0 Å². The highest BCUT2D eigenvalue weighted by Crippen LogP contribution is 2.64. The highest BCUT2D eigenvalue weighted by atomic mass is 19.4. The molecule has 0 radical (unpaired) electrons. The molecule has 0 aromatic carbocycles. The monoisotopic (exact) mass is 536 g/mol. The fraction of sp³-hybridized carbons (Fsp3) is 1.00. The molecular formula is C9F20O3. The molecule has 0 spiro atoms. The van der Waals surface area contributed by atoms with E-state index in [1.54, 1.807) is 9.93 Å². The zero-order chi connectivity index (χ0) is 26.6. The third-order valence-corrected chi connectivity index (χ3v) is 2.98. The summed E-state index contributed by atoms with van der Waals surface area (Å²) in [5.74, 6) is -51.7. The van der Waals surface area contributed by atoms with Gasteiger partial charge in [0.2, 0.25) is 0 Å². The van der Waals surface area contributed by atoms with Crippen molar-refractivity contribution in [2.24, 2.45) is 0 Å². The average molecular weight is 536 g/mol. The summed E-state index contributed by atoms with van der Waals surface area (Å²) in [7, 11) is 0. The van der Waals surface area contributed by atoms with Crippen LogP contribution < -0.4 is 0 Å². The van der Waals surface area contributed by atoms with Crippen molar-refractivity contribution in [2.45, 2.75) is 54.2 Å². The van der Waals surface area contributed by atoms with Gasteiger partial charge >= 0.3 is 54.2 Å². The van der Waals surface area contributed by atoms with Crippen LogP contribution in [-0.2, 0) is 14.8 Å². The highest BCUT2D eigenvalue weighted by molar-refractivity contribution is 5.14. The first-order valence-electron chi connectivity index (χ1n) is 6.27. The van der Waals surface area contributed by atoms with Crippen molar-refractivity contribution in [3.05, 3.63) is 0 Å². The lowest BCUT2D eigenvalue weighted by Crippen LogP contribution is -2.75. The summed E-state index contributed by atoms with van der Waals surface area (Å²) < 4.78 is 251. The van der Waals surface area contributed by atoms with Crippen molar-refractivity contribution >= 4 is 0 Å². The van der Waals surface area contributed by atoms with Gasteiger partial charge in [0.1, 0.15) is 0 Å². The van der Waals surface area contributed by atoms with Gasteiger partial charge in [-0.3, -0.25) is 0 Å². The van der Waals surface area contributed by atoms with Crippen LogP contribution in [-0.4, -0.2) is 54.2 Å². The van der Waals surface area contributed by atoms with Crippen LogP contribution in [0, 0.1) is 0 Å². The third kappa shape index (κ3) is 4.46. The lowest BCUT2D eigenvalue weighted by Gasteiger charge is -2.42. The Morgan fingerprint density at radius 2 is 0.625 bits per heavy atom. The quantitative estimate of drug-likeness (QED) is 0.206. The molecule has 1 unspecified atom stereocenters. The first-order chi connectivity index (χ1) is 13.5. The van der Waals surface area contributed by atoms with Crippen LogP contribution in [0.3, 0.4) is 0 Å². The summed E-state index contributed by atoms with van der Waals surface area (Å²) in [5, 5.41) is 1.70. The van der Waals surface area contributed by atoms with Crippen molar-refractivity contribution in [2.75, 3.05) is 0 Å². The number of hydrogen-bond acceptors (Lipinski definition) is 3. The van der Waals surface area contributed by atoms with Gasteiger partial charge < -0.3 is 0 Å². The predicted octanol–water partition coefficient (Wildman–Crippen LogP) is 6.35. The number of alkyl halides is 20. The van der Waals surface area contributed by atoms with Crippen molar-refractivity contribution in [3.8, 4) is 0 Å². The first kappa shape index (κ1) is 30.5. The van der Waals surface area contributed by atoms with Crippen LogP contribution >= 0.6 is 0 Å². The minimum atomic E-state index is -8.91. The summed E-state index contributed by atoms with van der Waals surface area (Å²) in [4.78, 5) is 3.17. The minimum Gasteiger partial charge on any atom is -0.192 e. The van der Waals surface area contributed by atoms with Crippen LogP contribution in [0.5, 0.6) is 0 Å². The van der Waals surface area contributed by atoms with Crippen molar-refractivity contribution in [1.29, 1.82) is 0 Å². The van der Waals surface area contributed by atoms with Gasteiger partial charge in [-0.25, -0.2) is 0 Å². The van der Waals surface area contributed by atoms with Gasteiger partial charge in [-0.2, -0.15) is 74.6 Å². The fourth-order valence-corrected chi connectivity index (χ4v) is 1.35. The summed E-state index contributed by atoms with van der Waals surface area (Å²) in [6, 6.07) is 0. The standard InChI is InChI=1S/C9F20O3/c10-1(11,3(14,15)5(18,19)7(21,22)23)2(12,13)4(16,17)6(20,8(24,25)26)30-32-31-9(27,28)29. The van der Waals surface area contributed by atoms with E-state index in [0.29, 0.717) is 0 Å². The summed E-state index contributed by atoms with van der Waals surface area (Å²) in [5.41, 5.74) is 0. The van der Waals surface area contributed by atoms with Crippen LogP contribution in [0.2, 0.25) is 0 Å².